The lowest BCUT2D eigenvalue weighted by molar-refractivity contribution is -0.384. The van der Waals surface area contributed by atoms with Crippen molar-refractivity contribution in [3.05, 3.63) is 99.0 Å². The van der Waals surface area contributed by atoms with Gasteiger partial charge in [-0.1, -0.05) is 42.5 Å². The summed E-state index contributed by atoms with van der Waals surface area (Å²) in [5.74, 6) is -0.0510. The van der Waals surface area contributed by atoms with Crippen molar-refractivity contribution in [2.75, 3.05) is 4.90 Å². The number of carbonyl (C=O) groups excluding carboxylic acids is 1. The number of nitro groups is 1. The van der Waals surface area contributed by atoms with E-state index in [-0.39, 0.29) is 22.9 Å². The van der Waals surface area contributed by atoms with Crippen molar-refractivity contribution in [1.82, 2.24) is 10.2 Å². The fourth-order valence-electron chi connectivity index (χ4n) is 4.66. The first kappa shape index (κ1) is 21.2. The number of Topliss-reactive ketones (excluding diaryl/α,β-unsaturated/α-hetero) is 1. The molecule has 3 aromatic rings. The fraction of sp³-hybridized carbons (Fsp3) is 0.160. The van der Waals surface area contributed by atoms with Crippen LogP contribution in [0, 0.1) is 21.4 Å². The summed E-state index contributed by atoms with van der Waals surface area (Å²) in [6, 6.07) is 19.6. The number of anilines is 1. The van der Waals surface area contributed by atoms with Gasteiger partial charge in [0, 0.05) is 35.9 Å². The summed E-state index contributed by atoms with van der Waals surface area (Å²) in [5, 5.41) is 28.6. The lowest BCUT2D eigenvalue weighted by Crippen LogP contribution is -2.38. The summed E-state index contributed by atoms with van der Waals surface area (Å²) in [4.78, 5) is 25.5. The van der Waals surface area contributed by atoms with Crippen molar-refractivity contribution in [2.45, 2.75) is 25.2 Å². The van der Waals surface area contributed by atoms with Gasteiger partial charge in [0.25, 0.3) is 5.69 Å². The molecule has 168 valence electrons. The molecule has 1 aliphatic carbocycles. The number of nitrogens with one attached hydrogen (secondary N) is 1. The molecule has 1 atom stereocenters. The molecule has 1 unspecified atom stereocenters. The third kappa shape index (κ3) is 3.42. The molecule has 0 fully saturated rings. The first-order valence-corrected chi connectivity index (χ1v) is 10.8. The Morgan fingerprint density at radius 2 is 1.88 bits per heavy atom. The second-order valence-electron chi connectivity index (χ2n) is 8.17. The molecular formula is C25H20N6O3. The van der Waals surface area contributed by atoms with Crippen LogP contribution in [0.4, 0.5) is 11.5 Å². The maximum Gasteiger partial charge on any atom is 0.269 e. The molecule has 0 spiro atoms. The van der Waals surface area contributed by atoms with Gasteiger partial charge < -0.3 is 5.73 Å². The predicted octanol–water partition coefficient (Wildman–Crippen LogP) is 4.29. The molecule has 9 nitrogen and oxygen atoms in total. The molecule has 0 radical (unpaired) electrons. The molecule has 1 aliphatic heterocycles. The number of nitriles is 1. The van der Waals surface area contributed by atoms with E-state index in [4.69, 9.17) is 5.73 Å². The second kappa shape index (κ2) is 8.33. The highest BCUT2D eigenvalue weighted by Gasteiger charge is 2.41. The molecule has 2 aliphatic rings. The van der Waals surface area contributed by atoms with E-state index in [1.54, 1.807) is 17.0 Å². The van der Waals surface area contributed by atoms with Gasteiger partial charge in [0.15, 0.2) is 11.6 Å². The number of carbonyl (C=O) groups is 1. The highest BCUT2D eigenvalue weighted by molar-refractivity contribution is 6.01. The topological polar surface area (TPSA) is 142 Å². The SMILES string of the molecule is N#CC1=C(N)N(c2cc(-c3ccccc3)[nH]n2)C2=C(C(=O)CCC2)C1c1ccc([N+](=O)[O-])cc1. The molecule has 2 aromatic carbocycles. The van der Waals surface area contributed by atoms with Crippen LogP contribution in [0.2, 0.25) is 0 Å². The van der Waals surface area contributed by atoms with Gasteiger partial charge in [-0.05, 0) is 24.0 Å². The number of hydrogen-bond donors (Lipinski definition) is 2. The number of rotatable bonds is 4. The van der Waals surface area contributed by atoms with E-state index in [9.17, 15) is 20.2 Å². The summed E-state index contributed by atoms with van der Waals surface area (Å²) in [6.07, 6.45) is 1.62. The van der Waals surface area contributed by atoms with Crippen LogP contribution in [0.1, 0.15) is 30.7 Å². The van der Waals surface area contributed by atoms with Crippen molar-refractivity contribution >= 4 is 17.3 Å². The Morgan fingerprint density at radius 3 is 2.56 bits per heavy atom. The quantitative estimate of drug-likeness (QED) is 0.444. The Balaban J connectivity index is 1.65. The predicted molar refractivity (Wildman–Crippen MR) is 125 cm³/mol. The molecule has 0 amide bonds. The number of non-ortho nitro benzene ring substituents is 1. The third-order valence-corrected chi connectivity index (χ3v) is 6.23. The van der Waals surface area contributed by atoms with Crippen molar-refractivity contribution in [3.8, 4) is 17.3 Å². The number of nitro benzene ring substituents is 1. The van der Waals surface area contributed by atoms with Crippen molar-refractivity contribution in [3.63, 3.8) is 0 Å². The highest BCUT2D eigenvalue weighted by Crippen LogP contribution is 2.46. The maximum absolute atomic E-state index is 13.2. The Morgan fingerprint density at radius 1 is 1.15 bits per heavy atom. The average Bonchev–Trinajstić information content (AvgIpc) is 3.34. The summed E-state index contributed by atoms with van der Waals surface area (Å²) >= 11 is 0. The van der Waals surface area contributed by atoms with E-state index in [0.717, 1.165) is 11.3 Å². The van der Waals surface area contributed by atoms with E-state index in [0.29, 0.717) is 41.9 Å². The summed E-state index contributed by atoms with van der Waals surface area (Å²) in [7, 11) is 0. The first-order valence-electron chi connectivity index (χ1n) is 10.8. The van der Waals surface area contributed by atoms with E-state index in [1.165, 1.54) is 12.1 Å². The smallest absolute Gasteiger partial charge is 0.269 e. The van der Waals surface area contributed by atoms with Gasteiger partial charge in [-0.25, -0.2) is 0 Å². The van der Waals surface area contributed by atoms with Crippen LogP contribution in [-0.4, -0.2) is 20.9 Å². The van der Waals surface area contributed by atoms with Gasteiger partial charge in [0.05, 0.1) is 28.2 Å². The van der Waals surface area contributed by atoms with Crippen LogP contribution in [0.15, 0.2) is 83.3 Å². The molecule has 9 heteroatoms. The van der Waals surface area contributed by atoms with Crippen molar-refractivity contribution in [1.29, 1.82) is 5.26 Å². The van der Waals surface area contributed by atoms with Gasteiger partial charge >= 0.3 is 0 Å². The zero-order chi connectivity index (χ0) is 23.8. The van der Waals surface area contributed by atoms with Crippen LogP contribution >= 0.6 is 0 Å². The third-order valence-electron chi connectivity index (χ3n) is 6.23. The number of allylic oxidation sites excluding steroid dienone is 3. The second-order valence-corrected chi connectivity index (χ2v) is 8.17. The minimum atomic E-state index is -0.683. The molecule has 3 N–H and O–H groups in total. The minimum Gasteiger partial charge on any atom is -0.384 e. The monoisotopic (exact) mass is 452 g/mol. The summed E-state index contributed by atoms with van der Waals surface area (Å²) in [5.41, 5.74) is 10.2. The van der Waals surface area contributed by atoms with Crippen molar-refractivity contribution < 1.29 is 9.72 Å². The normalized spacial score (nSPS) is 18.0. The number of aromatic nitrogens is 2. The zero-order valence-corrected chi connectivity index (χ0v) is 18.1. The van der Waals surface area contributed by atoms with Crippen LogP contribution in [0.3, 0.4) is 0 Å². The van der Waals surface area contributed by atoms with Gasteiger partial charge in [-0.15, -0.1) is 0 Å². The van der Waals surface area contributed by atoms with Crippen molar-refractivity contribution in [2.24, 2.45) is 5.73 Å². The fourth-order valence-corrected chi connectivity index (χ4v) is 4.66. The van der Waals surface area contributed by atoms with Crippen LogP contribution < -0.4 is 10.6 Å². The standard InChI is InChI=1S/C25H20N6O3/c26-14-18-23(16-9-11-17(12-10-16)31(33)34)24-20(7-4-8-21(24)32)30(25(18)27)22-13-19(28-29-22)15-5-2-1-3-6-15/h1-3,5-6,9-13,23H,4,7-8,27H2,(H,28,29). The van der Waals surface area contributed by atoms with Crippen LogP contribution in [0.25, 0.3) is 11.3 Å². The summed E-state index contributed by atoms with van der Waals surface area (Å²) in [6.45, 7) is 0. The molecule has 0 saturated carbocycles. The Labute approximate surface area is 195 Å². The lowest BCUT2D eigenvalue weighted by Gasteiger charge is -2.38. The zero-order valence-electron chi connectivity index (χ0n) is 18.1. The highest BCUT2D eigenvalue weighted by atomic mass is 16.6. The number of hydrogen-bond acceptors (Lipinski definition) is 7. The van der Waals surface area contributed by atoms with E-state index in [2.05, 4.69) is 16.3 Å². The molecule has 5 rings (SSSR count). The Kier molecular flexibility index (Phi) is 5.18. The Bertz CT molecular complexity index is 1400. The van der Waals surface area contributed by atoms with Gasteiger partial charge in [-0.2, -0.15) is 10.4 Å². The molecule has 1 aromatic heterocycles. The minimum absolute atomic E-state index is 0.0614. The first-order chi connectivity index (χ1) is 16.5. The Hall–Kier alpha value is -4.71. The van der Waals surface area contributed by atoms with Gasteiger partial charge in [0.1, 0.15) is 5.82 Å². The largest absolute Gasteiger partial charge is 0.384 e. The number of ketones is 1. The number of aromatic amines is 1. The van der Waals surface area contributed by atoms with E-state index < -0.39 is 10.8 Å². The average molecular weight is 452 g/mol. The molecule has 0 bridgehead atoms. The van der Waals surface area contributed by atoms with Crippen LogP contribution in [-0.2, 0) is 4.79 Å². The number of H-pyrrole nitrogens is 1. The number of benzene rings is 2. The molecular weight excluding hydrogens is 432 g/mol. The van der Waals surface area contributed by atoms with Gasteiger partial charge in [-0.3, -0.25) is 24.9 Å². The summed E-state index contributed by atoms with van der Waals surface area (Å²) < 4.78 is 0. The molecule has 2 heterocycles. The van der Waals surface area contributed by atoms with E-state index >= 15 is 0 Å². The molecule has 0 saturated heterocycles. The lowest BCUT2D eigenvalue weighted by atomic mass is 9.75. The number of nitrogens with zero attached hydrogens (tertiary/aromatic N) is 4. The number of nitrogens with two attached hydrogens (primary N) is 1. The molecule has 34 heavy (non-hydrogen) atoms. The van der Waals surface area contributed by atoms with Crippen LogP contribution in [0.5, 0.6) is 0 Å². The van der Waals surface area contributed by atoms with E-state index in [1.807, 2.05) is 36.4 Å². The maximum atomic E-state index is 13.2. The van der Waals surface area contributed by atoms with Gasteiger partial charge in [0.2, 0.25) is 0 Å².